The number of hydrogen-bond acceptors (Lipinski definition) is 3. The Morgan fingerprint density at radius 2 is 2.33 bits per heavy atom. The van der Waals surface area contributed by atoms with Crippen LogP contribution >= 0.6 is 11.6 Å². The molecule has 3 heterocycles. The van der Waals surface area contributed by atoms with Gasteiger partial charge in [-0.25, -0.2) is 13.4 Å². The fraction of sp³-hybridized carbons (Fsp3) is 0.417. The van der Waals surface area contributed by atoms with E-state index in [0.717, 1.165) is 17.8 Å². The highest BCUT2D eigenvalue weighted by Gasteiger charge is 2.28. The summed E-state index contributed by atoms with van der Waals surface area (Å²) >= 11 is 6.08. The Kier molecular flexibility index (Phi) is 2.83. The first kappa shape index (κ1) is 12.0. The van der Waals surface area contributed by atoms with E-state index in [1.165, 1.54) is 0 Å². The van der Waals surface area contributed by atoms with Crippen LogP contribution in [-0.2, 0) is 16.3 Å². The fourth-order valence-corrected chi connectivity index (χ4v) is 4.56. The lowest BCUT2D eigenvalue weighted by atomic mass is 10.1. The highest BCUT2D eigenvalue weighted by Crippen LogP contribution is 2.24. The van der Waals surface area contributed by atoms with E-state index in [-0.39, 0.29) is 11.7 Å². The van der Waals surface area contributed by atoms with Gasteiger partial charge in [0.2, 0.25) is 0 Å². The van der Waals surface area contributed by atoms with Crippen molar-refractivity contribution in [3.63, 3.8) is 0 Å². The van der Waals surface area contributed by atoms with E-state index in [0.29, 0.717) is 17.2 Å². The number of nitrogens with zero attached hydrogens (tertiary/aromatic N) is 2. The van der Waals surface area contributed by atoms with Crippen molar-refractivity contribution in [2.75, 3.05) is 11.5 Å². The summed E-state index contributed by atoms with van der Waals surface area (Å²) in [7, 11) is -2.82. The number of fused-ring (bicyclic) bond motifs is 1. The van der Waals surface area contributed by atoms with E-state index in [2.05, 4.69) is 4.98 Å². The van der Waals surface area contributed by atoms with Gasteiger partial charge in [-0.2, -0.15) is 0 Å². The maximum atomic E-state index is 11.4. The van der Waals surface area contributed by atoms with E-state index in [4.69, 9.17) is 11.6 Å². The van der Waals surface area contributed by atoms with Crippen molar-refractivity contribution in [2.24, 2.45) is 5.92 Å². The van der Waals surface area contributed by atoms with Crippen LogP contribution in [0.25, 0.3) is 5.52 Å². The molecule has 2 aromatic rings. The van der Waals surface area contributed by atoms with E-state index < -0.39 is 9.84 Å². The summed E-state index contributed by atoms with van der Waals surface area (Å²) in [6.45, 7) is 0. The second-order valence-corrected chi connectivity index (χ2v) is 7.39. The number of imidazole rings is 1. The minimum Gasteiger partial charge on any atom is -0.302 e. The summed E-state index contributed by atoms with van der Waals surface area (Å²) in [6, 6.07) is 3.69. The molecular weight excluding hydrogens is 272 g/mol. The molecule has 1 unspecified atom stereocenters. The summed E-state index contributed by atoms with van der Waals surface area (Å²) in [5, 5.41) is 0.662. The molecule has 2 aromatic heterocycles. The van der Waals surface area contributed by atoms with Crippen LogP contribution in [0, 0.1) is 5.92 Å². The zero-order chi connectivity index (χ0) is 12.8. The molecule has 18 heavy (non-hydrogen) atoms. The Balaban J connectivity index is 1.90. The van der Waals surface area contributed by atoms with Gasteiger partial charge >= 0.3 is 0 Å². The van der Waals surface area contributed by atoms with Crippen LogP contribution in [0.5, 0.6) is 0 Å². The third-order valence-electron chi connectivity index (χ3n) is 3.39. The summed E-state index contributed by atoms with van der Waals surface area (Å²) in [5.74, 6) is 1.65. The third-order valence-corrected chi connectivity index (χ3v) is 5.55. The maximum Gasteiger partial charge on any atom is 0.150 e. The number of aromatic nitrogens is 2. The SMILES string of the molecule is O=S1(=O)CCC(Cc2ncc3c(Cl)cccn23)C1. The lowest BCUT2D eigenvalue weighted by Crippen LogP contribution is -2.09. The quantitative estimate of drug-likeness (QED) is 0.847. The molecule has 0 aromatic carbocycles. The van der Waals surface area contributed by atoms with Crippen molar-refractivity contribution in [1.82, 2.24) is 9.38 Å². The molecule has 3 rings (SSSR count). The van der Waals surface area contributed by atoms with Gasteiger partial charge in [-0.05, 0) is 24.5 Å². The molecule has 1 aliphatic heterocycles. The van der Waals surface area contributed by atoms with E-state index >= 15 is 0 Å². The minimum atomic E-state index is -2.82. The first-order chi connectivity index (χ1) is 8.55. The van der Waals surface area contributed by atoms with Gasteiger partial charge in [0.25, 0.3) is 0 Å². The molecule has 0 saturated carbocycles. The standard InChI is InChI=1S/C12H13ClN2O2S/c13-10-2-1-4-15-11(10)7-14-12(15)6-9-3-5-18(16,17)8-9/h1-2,4,7,9H,3,5-6,8H2. The average molecular weight is 285 g/mol. The van der Waals surface area contributed by atoms with E-state index in [9.17, 15) is 8.42 Å². The number of rotatable bonds is 2. The molecular formula is C12H13ClN2O2S. The summed E-state index contributed by atoms with van der Waals surface area (Å²) in [4.78, 5) is 4.35. The zero-order valence-electron chi connectivity index (χ0n) is 9.71. The summed E-state index contributed by atoms with van der Waals surface area (Å²) in [5.41, 5.74) is 0.870. The Hall–Kier alpha value is -1.07. The van der Waals surface area contributed by atoms with Crippen LogP contribution in [0.1, 0.15) is 12.2 Å². The second kappa shape index (κ2) is 4.24. The molecule has 1 aliphatic rings. The lowest BCUT2D eigenvalue weighted by Gasteiger charge is -2.06. The first-order valence-corrected chi connectivity index (χ1v) is 8.06. The highest BCUT2D eigenvalue weighted by atomic mass is 35.5. The first-order valence-electron chi connectivity index (χ1n) is 5.86. The van der Waals surface area contributed by atoms with Gasteiger partial charge in [-0.1, -0.05) is 11.6 Å². The maximum absolute atomic E-state index is 11.4. The second-order valence-electron chi connectivity index (χ2n) is 4.76. The Morgan fingerprint density at radius 3 is 3.06 bits per heavy atom. The average Bonchev–Trinajstić information content (AvgIpc) is 2.85. The van der Waals surface area contributed by atoms with Crippen molar-refractivity contribution in [2.45, 2.75) is 12.8 Å². The molecule has 1 fully saturated rings. The van der Waals surface area contributed by atoms with Crippen LogP contribution < -0.4 is 0 Å². The van der Waals surface area contributed by atoms with Gasteiger partial charge in [0.05, 0.1) is 28.2 Å². The smallest absolute Gasteiger partial charge is 0.150 e. The monoisotopic (exact) mass is 284 g/mol. The van der Waals surface area contributed by atoms with Crippen molar-refractivity contribution in [3.8, 4) is 0 Å². The minimum absolute atomic E-state index is 0.180. The molecule has 1 atom stereocenters. The van der Waals surface area contributed by atoms with Crippen LogP contribution in [0.3, 0.4) is 0 Å². The highest BCUT2D eigenvalue weighted by molar-refractivity contribution is 7.91. The lowest BCUT2D eigenvalue weighted by molar-refractivity contribution is 0.568. The van der Waals surface area contributed by atoms with Crippen molar-refractivity contribution < 1.29 is 8.42 Å². The molecule has 4 nitrogen and oxygen atoms in total. The molecule has 0 bridgehead atoms. The van der Waals surface area contributed by atoms with Crippen LogP contribution in [0.15, 0.2) is 24.5 Å². The Labute approximate surface area is 111 Å². The predicted molar refractivity (Wildman–Crippen MR) is 70.7 cm³/mol. The van der Waals surface area contributed by atoms with Crippen molar-refractivity contribution in [3.05, 3.63) is 35.4 Å². The van der Waals surface area contributed by atoms with Crippen LogP contribution in [0.4, 0.5) is 0 Å². The number of hydrogen-bond donors (Lipinski definition) is 0. The van der Waals surface area contributed by atoms with Crippen molar-refractivity contribution >= 4 is 27.0 Å². The molecule has 0 amide bonds. The number of pyridine rings is 1. The summed E-state index contributed by atoms with van der Waals surface area (Å²) in [6.07, 6.45) is 5.07. The van der Waals surface area contributed by atoms with Crippen LogP contribution in [0.2, 0.25) is 5.02 Å². The van der Waals surface area contributed by atoms with Crippen LogP contribution in [-0.4, -0.2) is 29.3 Å². The molecule has 0 aliphatic carbocycles. The zero-order valence-corrected chi connectivity index (χ0v) is 11.3. The molecule has 0 spiro atoms. The van der Waals surface area contributed by atoms with E-state index in [1.807, 2.05) is 22.7 Å². The largest absolute Gasteiger partial charge is 0.302 e. The molecule has 96 valence electrons. The molecule has 0 N–H and O–H groups in total. The Bertz CT molecular complexity index is 693. The third kappa shape index (κ3) is 2.12. The Morgan fingerprint density at radius 1 is 1.50 bits per heavy atom. The van der Waals surface area contributed by atoms with Gasteiger partial charge in [-0.3, -0.25) is 0 Å². The van der Waals surface area contributed by atoms with Gasteiger partial charge in [0, 0.05) is 12.6 Å². The van der Waals surface area contributed by atoms with E-state index in [1.54, 1.807) is 6.20 Å². The molecule has 1 saturated heterocycles. The number of sulfone groups is 1. The fourth-order valence-electron chi connectivity index (χ4n) is 2.48. The topological polar surface area (TPSA) is 51.4 Å². The van der Waals surface area contributed by atoms with Gasteiger partial charge in [-0.15, -0.1) is 0 Å². The van der Waals surface area contributed by atoms with Gasteiger partial charge in [0.15, 0.2) is 9.84 Å². The molecule has 0 radical (unpaired) electrons. The number of halogens is 1. The predicted octanol–water partition coefficient (Wildman–Crippen LogP) is 1.96. The van der Waals surface area contributed by atoms with Crippen molar-refractivity contribution in [1.29, 1.82) is 0 Å². The summed E-state index contributed by atoms with van der Waals surface area (Å²) < 4.78 is 24.8. The molecule has 6 heteroatoms. The normalized spacial score (nSPS) is 22.6. The van der Waals surface area contributed by atoms with Gasteiger partial charge in [0.1, 0.15) is 5.82 Å². The van der Waals surface area contributed by atoms with Gasteiger partial charge < -0.3 is 4.40 Å².